The molecular formula is C21H25N3O4S. The lowest BCUT2D eigenvalue weighted by Gasteiger charge is -2.27. The number of ether oxygens (including phenoxy) is 3. The number of H-pyrrole nitrogens is 1. The van der Waals surface area contributed by atoms with Gasteiger partial charge in [-0.15, -0.1) is 0 Å². The number of nitrogens with one attached hydrogen (secondary N) is 1. The van der Waals surface area contributed by atoms with Crippen LogP contribution >= 0.6 is 11.8 Å². The van der Waals surface area contributed by atoms with Gasteiger partial charge in [-0.2, -0.15) is 0 Å². The van der Waals surface area contributed by atoms with Crippen molar-refractivity contribution in [3.05, 3.63) is 33.6 Å². The van der Waals surface area contributed by atoms with E-state index >= 15 is 0 Å². The normalized spacial score (nSPS) is 21.4. The predicted octanol–water partition coefficient (Wildman–Crippen LogP) is 4.35. The van der Waals surface area contributed by atoms with E-state index in [1.54, 1.807) is 18.9 Å². The molecule has 1 aromatic carbocycles. The second-order valence-electron chi connectivity index (χ2n) is 7.72. The predicted molar refractivity (Wildman–Crippen MR) is 113 cm³/mol. The Morgan fingerprint density at radius 1 is 1.21 bits per heavy atom. The molecule has 3 aliphatic rings. The van der Waals surface area contributed by atoms with E-state index in [9.17, 15) is 4.79 Å². The molecule has 1 fully saturated rings. The third-order valence-electron chi connectivity index (χ3n) is 5.84. The lowest BCUT2D eigenvalue weighted by molar-refractivity contribution is 0.165. The number of hydrogen-bond acceptors (Lipinski definition) is 6. The molecule has 7 nitrogen and oxygen atoms in total. The van der Waals surface area contributed by atoms with E-state index in [1.807, 2.05) is 23.7 Å². The van der Waals surface area contributed by atoms with Crippen molar-refractivity contribution in [1.82, 2.24) is 9.78 Å². The zero-order valence-electron chi connectivity index (χ0n) is 16.7. The summed E-state index contributed by atoms with van der Waals surface area (Å²) < 4.78 is 19.1. The maximum atomic E-state index is 13.0. The Balaban J connectivity index is 1.61. The fraction of sp³-hybridized carbons (Fsp3) is 0.524. The van der Waals surface area contributed by atoms with Gasteiger partial charge in [0.1, 0.15) is 13.2 Å². The van der Waals surface area contributed by atoms with Crippen LogP contribution in [0, 0.1) is 0 Å². The number of hydrogen-bond donors (Lipinski definition) is 1. The number of nitrogens with zero attached hydrogens (tertiary/aromatic N) is 2. The second-order valence-corrected chi connectivity index (χ2v) is 9.01. The van der Waals surface area contributed by atoms with Crippen LogP contribution in [0.1, 0.15) is 61.4 Å². The zero-order valence-corrected chi connectivity index (χ0v) is 17.5. The number of fused-ring (bicyclic) bond motifs is 2. The summed E-state index contributed by atoms with van der Waals surface area (Å²) in [7, 11) is 1.62. The standard InChI is InChI=1S/C21H25N3O4S/c1-12-22-20-17(21(25)23-24(20)14-6-4-3-5-7-14)19(29-12)13-10-15(26-2)18-16(11-13)27-8-9-28-18/h10-11,14,19H,3-9H2,1-2H3,(H,23,25). The van der Waals surface area contributed by atoms with E-state index in [4.69, 9.17) is 19.2 Å². The molecule has 2 aromatic rings. The molecule has 1 unspecified atom stereocenters. The number of methoxy groups -OCH3 is 1. The molecule has 1 aliphatic carbocycles. The average molecular weight is 416 g/mol. The van der Waals surface area contributed by atoms with E-state index in [2.05, 4.69) is 5.10 Å². The lowest BCUT2D eigenvalue weighted by Crippen LogP contribution is -2.17. The first-order valence-corrected chi connectivity index (χ1v) is 11.1. The average Bonchev–Trinajstić information content (AvgIpc) is 3.09. The first-order valence-electron chi connectivity index (χ1n) is 10.2. The van der Waals surface area contributed by atoms with Gasteiger partial charge in [-0.25, -0.2) is 4.99 Å². The largest absolute Gasteiger partial charge is 0.493 e. The molecule has 154 valence electrons. The van der Waals surface area contributed by atoms with E-state index in [-0.39, 0.29) is 10.8 Å². The molecule has 0 saturated heterocycles. The van der Waals surface area contributed by atoms with E-state index in [0.29, 0.717) is 42.1 Å². The fourth-order valence-electron chi connectivity index (χ4n) is 4.49. The van der Waals surface area contributed by atoms with Crippen LogP contribution in [-0.2, 0) is 0 Å². The molecule has 1 N–H and O–H groups in total. The van der Waals surface area contributed by atoms with Gasteiger partial charge in [0, 0.05) is 0 Å². The quantitative estimate of drug-likeness (QED) is 0.806. The minimum atomic E-state index is -0.166. The molecule has 0 amide bonds. The first-order chi connectivity index (χ1) is 14.2. The minimum Gasteiger partial charge on any atom is -0.493 e. The summed E-state index contributed by atoms with van der Waals surface area (Å²) in [6.45, 7) is 3.00. The Labute approximate surface area is 173 Å². The van der Waals surface area contributed by atoms with Crippen LogP contribution in [0.4, 0.5) is 5.82 Å². The Morgan fingerprint density at radius 2 is 2.00 bits per heavy atom. The Bertz CT molecular complexity index is 1000. The van der Waals surface area contributed by atoms with Gasteiger partial charge in [-0.05, 0) is 37.5 Å². The molecule has 1 aromatic heterocycles. The number of aromatic nitrogens is 2. The van der Waals surface area contributed by atoms with Crippen molar-refractivity contribution in [1.29, 1.82) is 0 Å². The van der Waals surface area contributed by atoms with Gasteiger partial charge in [0.25, 0.3) is 5.56 Å². The van der Waals surface area contributed by atoms with Gasteiger partial charge in [-0.1, -0.05) is 31.0 Å². The molecule has 5 rings (SSSR count). The maximum Gasteiger partial charge on any atom is 0.271 e. The number of benzene rings is 1. The SMILES string of the molecule is COc1cc(C2SC(C)=Nc3c2c(=O)[nH]n3C2CCCCC2)cc2c1OCCO2. The van der Waals surface area contributed by atoms with E-state index in [1.165, 1.54) is 19.3 Å². The monoisotopic (exact) mass is 415 g/mol. The number of thioether (sulfide) groups is 1. The van der Waals surface area contributed by atoms with Crippen LogP contribution in [0.2, 0.25) is 0 Å². The zero-order chi connectivity index (χ0) is 20.0. The highest BCUT2D eigenvalue weighted by atomic mass is 32.2. The second kappa shape index (κ2) is 7.48. The van der Waals surface area contributed by atoms with Crippen LogP contribution in [0.15, 0.2) is 21.9 Å². The maximum absolute atomic E-state index is 13.0. The Kier molecular flexibility index (Phi) is 4.81. The van der Waals surface area contributed by atoms with Crippen LogP contribution in [0.3, 0.4) is 0 Å². The third-order valence-corrected chi connectivity index (χ3v) is 7.02. The van der Waals surface area contributed by atoms with Gasteiger partial charge in [0.2, 0.25) is 5.75 Å². The van der Waals surface area contributed by atoms with E-state index < -0.39 is 0 Å². The van der Waals surface area contributed by atoms with Gasteiger partial charge in [-0.3, -0.25) is 14.6 Å². The van der Waals surface area contributed by atoms with E-state index in [0.717, 1.165) is 29.3 Å². The molecule has 1 atom stereocenters. The minimum absolute atomic E-state index is 0.0619. The smallest absolute Gasteiger partial charge is 0.271 e. The van der Waals surface area contributed by atoms with Gasteiger partial charge in [0.05, 0.1) is 29.0 Å². The third kappa shape index (κ3) is 3.23. The molecule has 1 saturated carbocycles. The van der Waals surface area contributed by atoms with Crippen molar-refractivity contribution in [2.45, 2.75) is 50.3 Å². The Hall–Kier alpha value is -2.35. The topological polar surface area (TPSA) is 77.8 Å². The van der Waals surface area contributed by atoms with Crippen molar-refractivity contribution in [2.24, 2.45) is 4.99 Å². The summed E-state index contributed by atoms with van der Waals surface area (Å²) in [5.41, 5.74) is 1.61. The van der Waals surface area contributed by atoms with Crippen molar-refractivity contribution in [2.75, 3.05) is 20.3 Å². The van der Waals surface area contributed by atoms with Crippen LogP contribution in [0.5, 0.6) is 17.2 Å². The number of rotatable bonds is 3. The highest BCUT2D eigenvalue weighted by Gasteiger charge is 2.33. The molecular weight excluding hydrogens is 390 g/mol. The highest BCUT2D eigenvalue weighted by molar-refractivity contribution is 8.14. The molecule has 29 heavy (non-hydrogen) atoms. The number of aliphatic imine (C=N–C) groups is 1. The summed E-state index contributed by atoms with van der Waals surface area (Å²) in [5.74, 6) is 2.69. The van der Waals surface area contributed by atoms with Crippen LogP contribution in [0.25, 0.3) is 0 Å². The van der Waals surface area contributed by atoms with Crippen LogP contribution < -0.4 is 19.8 Å². The summed E-state index contributed by atoms with van der Waals surface area (Å²) in [4.78, 5) is 17.8. The molecule has 3 heterocycles. The lowest BCUT2D eigenvalue weighted by atomic mass is 9.95. The van der Waals surface area contributed by atoms with Crippen molar-refractivity contribution >= 4 is 22.6 Å². The van der Waals surface area contributed by atoms with Crippen molar-refractivity contribution in [3.8, 4) is 17.2 Å². The van der Waals surface area contributed by atoms with Crippen LogP contribution in [-0.4, -0.2) is 35.1 Å². The summed E-state index contributed by atoms with van der Waals surface area (Å²) in [6, 6.07) is 4.23. The first kappa shape index (κ1) is 18.7. The highest BCUT2D eigenvalue weighted by Crippen LogP contribution is 2.49. The Morgan fingerprint density at radius 3 is 2.79 bits per heavy atom. The number of aromatic amines is 1. The molecule has 0 spiro atoms. The summed E-state index contributed by atoms with van der Waals surface area (Å²) in [6.07, 6.45) is 5.82. The summed E-state index contributed by atoms with van der Waals surface area (Å²) >= 11 is 1.59. The fourth-order valence-corrected chi connectivity index (χ4v) is 5.57. The van der Waals surface area contributed by atoms with Gasteiger partial charge in [0.15, 0.2) is 17.3 Å². The molecule has 8 heteroatoms. The van der Waals surface area contributed by atoms with Gasteiger partial charge >= 0.3 is 0 Å². The van der Waals surface area contributed by atoms with Crippen molar-refractivity contribution < 1.29 is 14.2 Å². The van der Waals surface area contributed by atoms with Crippen molar-refractivity contribution in [3.63, 3.8) is 0 Å². The summed E-state index contributed by atoms with van der Waals surface area (Å²) in [5, 5.41) is 3.87. The van der Waals surface area contributed by atoms with Gasteiger partial charge < -0.3 is 14.2 Å². The molecule has 2 aliphatic heterocycles. The molecule has 0 radical (unpaired) electrons. The molecule has 0 bridgehead atoms.